The summed E-state index contributed by atoms with van der Waals surface area (Å²) in [5.74, 6) is -0.0746. The number of aryl methyl sites for hydroxylation is 1. The van der Waals surface area contributed by atoms with Crippen LogP contribution in [-0.2, 0) is 0 Å². The number of nitrogens with one attached hydrogen (secondary N) is 2. The van der Waals surface area contributed by atoms with E-state index >= 15 is 0 Å². The van der Waals surface area contributed by atoms with Gasteiger partial charge in [-0.3, -0.25) is 14.0 Å². The number of carbonyl (C=O) groups is 1. The maximum atomic E-state index is 12.6. The molecule has 1 amide bonds. The Morgan fingerprint density at radius 1 is 1.19 bits per heavy atom. The number of rotatable bonds is 4. The second kappa shape index (κ2) is 6.67. The second-order valence-corrected chi connectivity index (χ2v) is 5.61. The van der Waals surface area contributed by atoms with E-state index in [2.05, 4.69) is 30.9 Å². The Morgan fingerprint density at radius 3 is 2.74 bits per heavy atom. The number of aromatic amines is 1. The van der Waals surface area contributed by atoms with Gasteiger partial charge in [0.05, 0.1) is 0 Å². The van der Waals surface area contributed by atoms with Gasteiger partial charge in [0.1, 0.15) is 17.0 Å². The number of nitrogens with zero attached hydrogens (tertiary/aromatic N) is 5. The molecule has 0 aliphatic carbocycles. The summed E-state index contributed by atoms with van der Waals surface area (Å²) >= 11 is 0. The molecule has 0 spiro atoms. The number of ether oxygens (including phenoxy) is 1. The van der Waals surface area contributed by atoms with E-state index in [1.165, 1.54) is 10.6 Å². The van der Waals surface area contributed by atoms with Crippen molar-refractivity contribution in [1.82, 2.24) is 30.0 Å². The summed E-state index contributed by atoms with van der Waals surface area (Å²) < 4.78 is 6.75. The highest BCUT2D eigenvalue weighted by Crippen LogP contribution is 2.19. The summed E-state index contributed by atoms with van der Waals surface area (Å²) in [6.45, 7) is 1.78. The summed E-state index contributed by atoms with van der Waals surface area (Å²) in [7, 11) is 0. The smallest absolute Gasteiger partial charge is 0.361 e. The predicted octanol–water partition coefficient (Wildman–Crippen LogP) is 1.56. The van der Waals surface area contributed by atoms with Gasteiger partial charge >= 0.3 is 6.01 Å². The number of pyridine rings is 1. The Morgan fingerprint density at radius 2 is 2.00 bits per heavy atom. The first-order valence-corrected chi connectivity index (χ1v) is 7.92. The monoisotopic (exact) mass is 363 g/mol. The molecule has 4 aromatic rings. The number of H-pyrrole nitrogens is 1. The standard InChI is InChI=1S/C17H13N7O3/c1-10-3-2-4-14-18-9-13(16(26)24(10)14)15(25)19-11-5-7-12(8-6-11)27-17-20-22-23-21-17/h2-9H,1H3,(H,19,25)(H,20,21,22,23). The van der Waals surface area contributed by atoms with E-state index in [0.717, 1.165) is 0 Å². The first-order chi connectivity index (χ1) is 13.1. The number of hydrogen-bond donors (Lipinski definition) is 2. The van der Waals surface area contributed by atoms with Gasteiger partial charge in [0.2, 0.25) is 0 Å². The van der Waals surface area contributed by atoms with Crippen molar-refractivity contribution < 1.29 is 9.53 Å². The van der Waals surface area contributed by atoms with Gasteiger partial charge in [0.25, 0.3) is 11.5 Å². The van der Waals surface area contributed by atoms with Crippen LogP contribution in [0.3, 0.4) is 0 Å². The molecule has 0 saturated heterocycles. The van der Waals surface area contributed by atoms with Crippen molar-refractivity contribution in [2.45, 2.75) is 6.92 Å². The van der Waals surface area contributed by atoms with Crippen molar-refractivity contribution in [3.05, 3.63) is 70.3 Å². The van der Waals surface area contributed by atoms with Crippen LogP contribution in [0.1, 0.15) is 16.1 Å². The first-order valence-electron chi connectivity index (χ1n) is 7.92. The van der Waals surface area contributed by atoms with Gasteiger partial charge in [-0.15, -0.1) is 0 Å². The Labute approximate surface area is 151 Å². The molecule has 0 aliphatic heterocycles. The third kappa shape index (κ3) is 3.23. The number of hydrogen-bond acceptors (Lipinski definition) is 7. The number of tetrazole rings is 1. The minimum Gasteiger partial charge on any atom is -0.422 e. The maximum absolute atomic E-state index is 12.6. The molecule has 10 heteroatoms. The van der Waals surface area contributed by atoms with Crippen molar-refractivity contribution in [1.29, 1.82) is 0 Å². The molecule has 0 atom stereocenters. The Kier molecular flexibility index (Phi) is 4.05. The van der Waals surface area contributed by atoms with Crippen molar-refractivity contribution in [2.24, 2.45) is 0 Å². The van der Waals surface area contributed by atoms with Gasteiger partial charge in [-0.1, -0.05) is 16.3 Å². The molecular formula is C17H13N7O3. The number of fused-ring (bicyclic) bond motifs is 1. The van der Waals surface area contributed by atoms with E-state index in [1.807, 2.05) is 0 Å². The zero-order valence-corrected chi connectivity index (χ0v) is 14.1. The van der Waals surface area contributed by atoms with E-state index in [-0.39, 0.29) is 11.6 Å². The summed E-state index contributed by atoms with van der Waals surface area (Å²) in [6, 6.07) is 11.9. The van der Waals surface area contributed by atoms with Crippen LogP contribution in [0.25, 0.3) is 5.65 Å². The molecule has 4 rings (SSSR count). The molecule has 0 radical (unpaired) electrons. The molecule has 0 unspecified atom stereocenters. The van der Waals surface area contributed by atoms with Crippen molar-refractivity contribution >= 4 is 17.2 Å². The van der Waals surface area contributed by atoms with Gasteiger partial charge in [0, 0.05) is 17.6 Å². The van der Waals surface area contributed by atoms with Crippen LogP contribution in [0.2, 0.25) is 0 Å². The lowest BCUT2D eigenvalue weighted by Gasteiger charge is -2.08. The number of amides is 1. The third-order valence-corrected chi connectivity index (χ3v) is 3.82. The van der Waals surface area contributed by atoms with Gasteiger partial charge in [-0.2, -0.15) is 5.21 Å². The number of benzene rings is 1. The molecule has 10 nitrogen and oxygen atoms in total. The number of carbonyl (C=O) groups excluding carboxylic acids is 1. The SMILES string of the molecule is Cc1cccc2ncc(C(=O)Nc3ccc(Oc4nn[nH]n4)cc3)c(=O)n12. The summed E-state index contributed by atoms with van der Waals surface area (Å²) in [5, 5.41) is 15.7. The van der Waals surface area contributed by atoms with Crippen molar-refractivity contribution in [3.63, 3.8) is 0 Å². The average Bonchev–Trinajstić information content (AvgIpc) is 3.16. The lowest BCUT2D eigenvalue weighted by Crippen LogP contribution is -2.27. The average molecular weight is 363 g/mol. The fourth-order valence-corrected chi connectivity index (χ4v) is 2.54. The molecular weight excluding hydrogens is 350 g/mol. The van der Waals surface area contributed by atoms with Gasteiger partial charge < -0.3 is 10.1 Å². The fourth-order valence-electron chi connectivity index (χ4n) is 2.54. The molecule has 0 saturated carbocycles. The molecule has 0 aliphatic rings. The van der Waals surface area contributed by atoms with E-state index in [1.54, 1.807) is 49.4 Å². The summed E-state index contributed by atoms with van der Waals surface area (Å²) in [6.07, 6.45) is 1.28. The zero-order valence-electron chi connectivity index (χ0n) is 14.1. The first kappa shape index (κ1) is 16.4. The highest BCUT2D eigenvalue weighted by molar-refractivity contribution is 6.03. The quantitative estimate of drug-likeness (QED) is 0.563. The normalized spacial score (nSPS) is 10.7. The minimum absolute atomic E-state index is 0.0473. The predicted molar refractivity (Wildman–Crippen MR) is 94.8 cm³/mol. The number of aromatic nitrogens is 6. The molecule has 27 heavy (non-hydrogen) atoms. The highest BCUT2D eigenvalue weighted by atomic mass is 16.5. The molecule has 3 heterocycles. The van der Waals surface area contributed by atoms with E-state index in [4.69, 9.17) is 4.74 Å². The maximum Gasteiger partial charge on any atom is 0.361 e. The van der Waals surface area contributed by atoms with E-state index in [0.29, 0.717) is 22.8 Å². The molecule has 2 N–H and O–H groups in total. The van der Waals surface area contributed by atoms with Crippen LogP contribution >= 0.6 is 0 Å². The Bertz CT molecular complexity index is 1170. The molecule has 3 aromatic heterocycles. The van der Waals surface area contributed by atoms with E-state index in [9.17, 15) is 9.59 Å². The highest BCUT2D eigenvalue weighted by Gasteiger charge is 2.14. The van der Waals surface area contributed by atoms with Gasteiger partial charge in [-0.05, 0) is 48.5 Å². The molecule has 0 bridgehead atoms. The third-order valence-electron chi connectivity index (χ3n) is 3.82. The topological polar surface area (TPSA) is 127 Å². The fraction of sp³-hybridized carbons (Fsp3) is 0.0588. The largest absolute Gasteiger partial charge is 0.422 e. The second-order valence-electron chi connectivity index (χ2n) is 5.61. The van der Waals surface area contributed by atoms with Crippen LogP contribution in [0, 0.1) is 6.92 Å². The van der Waals surface area contributed by atoms with Crippen molar-refractivity contribution in [2.75, 3.05) is 5.32 Å². The van der Waals surface area contributed by atoms with Crippen molar-refractivity contribution in [3.8, 4) is 11.8 Å². The zero-order chi connectivity index (χ0) is 18.8. The van der Waals surface area contributed by atoms with Crippen LogP contribution in [0.5, 0.6) is 11.8 Å². The number of anilines is 1. The van der Waals surface area contributed by atoms with Crippen LogP contribution < -0.4 is 15.6 Å². The van der Waals surface area contributed by atoms with Crippen LogP contribution in [0.15, 0.2) is 53.5 Å². The molecule has 1 aromatic carbocycles. The lowest BCUT2D eigenvalue weighted by molar-refractivity contribution is 0.102. The summed E-state index contributed by atoms with van der Waals surface area (Å²) in [5.41, 5.74) is 1.21. The van der Waals surface area contributed by atoms with Gasteiger partial charge in [-0.25, -0.2) is 4.98 Å². The summed E-state index contributed by atoms with van der Waals surface area (Å²) in [4.78, 5) is 29.3. The van der Waals surface area contributed by atoms with E-state index < -0.39 is 11.5 Å². The Balaban J connectivity index is 1.55. The minimum atomic E-state index is -0.544. The Hall–Kier alpha value is -4.08. The van der Waals surface area contributed by atoms with Gasteiger partial charge in [0.15, 0.2) is 0 Å². The van der Waals surface area contributed by atoms with Crippen LogP contribution in [-0.4, -0.2) is 35.9 Å². The van der Waals surface area contributed by atoms with Crippen LogP contribution in [0.4, 0.5) is 5.69 Å². The molecule has 0 fully saturated rings. The molecule has 134 valence electrons. The lowest BCUT2D eigenvalue weighted by atomic mass is 10.2.